The Morgan fingerprint density at radius 1 is 1.29 bits per heavy atom. The van der Waals surface area contributed by atoms with Gasteiger partial charge in [-0.25, -0.2) is 8.42 Å². The Labute approximate surface area is 121 Å². The zero-order valence-corrected chi connectivity index (χ0v) is 11.9. The molecular formula is C13H14N2O5S. The number of aromatic nitrogens is 1. The highest BCUT2D eigenvalue weighted by atomic mass is 32.2. The largest absolute Gasteiger partial charge is 0.480 e. The third-order valence-corrected chi connectivity index (χ3v) is 4.43. The molecule has 0 aliphatic heterocycles. The molecule has 1 aromatic carbocycles. The molecule has 2 rings (SSSR count). The van der Waals surface area contributed by atoms with Crippen LogP contribution in [0.25, 0.3) is 10.9 Å². The molecule has 8 heteroatoms. The third kappa shape index (κ3) is 3.18. The minimum Gasteiger partial charge on any atom is -0.480 e. The maximum absolute atomic E-state index is 12.4. The van der Waals surface area contributed by atoms with Crippen LogP contribution in [0.1, 0.15) is 6.92 Å². The molecule has 2 atom stereocenters. The van der Waals surface area contributed by atoms with Crippen molar-refractivity contribution in [3.8, 4) is 0 Å². The number of hydrogen-bond donors (Lipinski definition) is 3. The maximum atomic E-state index is 12.4. The number of fused-ring (bicyclic) bond motifs is 1. The molecule has 2 unspecified atom stereocenters. The SMILES string of the molecule is CC(O)C(NS(=O)(=O)c1cccc2ncccc12)C(=O)O. The number of nitrogens with zero attached hydrogens (tertiary/aromatic N) is 1. The summed E-state index contributed by atoms with van der Waals surface area (Å²) in [6, 6.07) is 6.06. The van der Waals surface area contributed by atoms with Crippen molar-refractivity contribution >= 4 is 26.9 Å². The van der Waals surface area contributed by atoms with Gasteiger partial charge in [0.05, 0.1) is 16.5 Å². The number of sulfonamides is 1. The minimum atomic E-state index is -4.11. The van der Waals surface area contributed by atoms with Gasteiger partial charge in [0, 0.05) is 11.6 Å². The van der Waals surface area contributed by atoms with Crippen LogP contribution < -0.4 is 4.72 Å². The van der Waals surface area contributed by atoms with Gasteiger partial charge >= 0.3 is 5.97 Å². The lowest BCUT2D eigenvalue weighted by Crippen LogP contribution is -2.47. The molecular weight excluding hydrogens is 296 g/mol. The third-order valence-electron chi connectivity index (χ3n) is 2.93. The van der Waals surface area contributed by atoms with Gasteiger partial charge < -0.3 is 10.2 Å². The average Bonchev–Trinajstić information content (AvgIpc) is 2.43. The van der Waals surface area contributed by atoms with E-state index in [1.54, 1.807) is 18.2 Å². The van der Waals surface area contributed by atoms with Crippen molar-refractivity contribution in [2.75, 3.05) is 0 Å². The lowest BCUT2D eigenvalue weighted by molar-refractivity contribution is -0.141. The first-order valence-corrected chi connectivity index (χ1v) is 7.58. The van der Waals surface area contributed by atoms with Crippen LogP contribution in [0.3, 0.4) is 0 Å². The number of carbonyl (C=O) groups is 1. The molecule has 0 aliphatic rings. The first-order valence-electron chi connectivity index (χ1n) is 6.10. The summed E-state index contributed by atoms with van der Waals surface area (Å²) >= 11 is 0. The van der Waals surface area contributed by atoms with E-state index >= 15 is 0 Å². The monoisotopic (exact) mass is 310 g/mol. The van der Waals surface area contributed by atoms with Gasteiger partial charge in [-0.2, -0.15) is 4.72 Å². The summed E-state index contributed by atoms with van der Waals surface area (Å²) in [6.07, 6.45) is 0.160. The normalized spacial score (nSPS) is 14.8. The fourth-order valence-corrected chi connectivity index (χ4v) is 3.37. The summed E-state index contributed by atoms with van der Waals surface area (Å²) in [5.41, 5.74) is 0.476. The number of hydrogen-bond acceptors (Lipinski definition) is 5. The van der Waals surface area contributed by atoms with Crippen molar-refractivity contribution in [3.05, 3.63) is 36.5 Å². The molecule has 0 amide bonds. The van der Waals surface area contributed by atoms with E-state index in [0.717, 1.165) is 0 Å². The van der Waals surface area contributed by atoms with Crippen LogP contribution in [-0.4, -0.2) is 41.7 Å². The van der Waals surface area contributed by atoms with Crippen LogP contribution in [-0.2, 0) is 14.8 Å². The Bertz CT molecular complexity index is 768. The maximum Gasteiger partial charge on any atom is 0.324 e. The van der Waals surface area contributed by atoms with E-state index in [-0.39, 0.29) is 4.90 Å². The molecule has 0 saturated carbocycles. The van der Waals surface area contributed by atoms with Gasteiger partial charge in [0.25, 0.3) is 0 Å². The Morgan fingerprint density at radius 2 is 2.00 bits per heavy atom. The first kappa shape index (κ1) is 15.4. The first-order chi connectivity index (χ1) is 9.83. The number of nitrogens with one attached hydrogen (secondary N) is 1. The van der Waals surface area contributed by atoms with Crippen LogP contribution in [0.2, 0.25) is 0 Å². The van der Waals surface area contributed by atoms with Gasteiger partial charge in [0.2, 0.25) is 10.0 Å². The van der Waals surface area contributed by atoms with Crippen molar-refractivity contribution in [2.24, 2.45) is 0 Å². The number of benzene rings is 1. The number of carboxylic acid groups (broad SMARTS) is 1. The molecule has 0 fully saturated rings. The van der Waals surface area contributed by atoms with Gasteiger partial charge in [-0.15, -0.1) is 0 Å². The average molecular weight is 310 g/mol. The summed E-state index contributed by atoms with van der Waals surface area (Å²) in [4.78, 5) is 15.0. The molecule has 0 aliphatic carbocycles. The summed E-state index contributed by atoms with van der Waals surface area (Å²) in [5, 5.41) is 18.7. The smallest absolute Gasteiger partial charge is 0.324 e. The molecule has 0 radical (unpaired) electrons. The number of carboxylic acids is 1. The highest BCUT2D eigenvalue weighted by Gasteiger charge is 2.30. The van der Waals surface area contributed by atoms with Crippen LogP contribution in [0.4, 0.5) is 0 Å². The Kier molecular flexibility index (Phi) is 4.21. The van der Waals surface area contributed by atoms with E-state index in [2.05, 4.69) is 4.98 Å². The second kappa shape index (κ2) is 5.76. The lowest BCUT2D eigenvalue weighted by Gasteiger charge is -2.17. The molecule has 0 bridgehead atoms. The Balaban J connectivity index is 2.50. The molecule has 112 valence electrons. The lowest BCUT2D eigenvalue weighted by atomic mass is 10.2. The molecule has 1 aromatic heterocycles. The minimum absolute atomic E-state index is 0.0833. The van der Waals surface area contributed by atoms with E-state index in [4.69, 9.17) is 5.11 Å². The van der Waals surface area contributed by atoms with Crippen molar-refractivity contribution < 1.29 is 23.4 Å². The number of rotatable bonds is 5. The quantitative estimate of drug-likeness (QED) is 0.733. The number of aliphatic carboxylic acids is 1. The number of aliphatic hydroxyl groups excluding tert-OH is 1. The second-order valence-electron chi connectivity index (χ2n) is 4.50. The van der Waals surface area contributed by atoms with Gasteiger partial charge in [0.1, 0.15) is 6.04 Å². The van der Waals surface area contributed by atoms with Crippen molar-refractivity contribution in [1.29, 1.82) is 0 Å². The van der Waals surface area contributed by atoms with Gasteiger partial charge in [-0.1, -0.05) is 6.07 Å². The van der Waals surface area contributed by atoms with Gasteiger partial charge in [-0.3, -0.25) is 9.78 Å². The molecule has 21 heavy (non-hydrogen) atoms. The zero-order chi connectivity index (χ0) is 15.6. The van der Waals surface area contributed by atoms with E-state index in [1.807, 2.05) is 4.72 Å². The van der Waals surface area contributed by atoms with E-state index in [1.165, 1.54) is 25.3 Å². The molecule has 7 nitrogen and oxygen atoms in total. The standard InChI is InChI=1S/C13H14N2O5S/c1-8(16)12(13(17)18)15-21(19,20)11-6-2-5-10-9(11)4-3-7-14-10/h2-8,12,15-16H,1H3,(H,17,18). The summed E-state index contributed by atoms with van der Waals surface area (Å²) in [7, 11) is -4.11. The van der Waals surface area contributed by atoms with Crippen molar-refractivity contribution in [3.63, 3.8) is 0 Å². The fourth-order valence-electron chi connectivity index (χ4n) is 1.90. The van der Waals surface area contributed by atoms with Crippen LogP contribution in [0, 0.1) is 0 Å². The highest BCUT2D eigenvalue weighted by molar-refractivity contribution is 7.89. The van der Waals surface area contributed by atoms with Gasteiger partial charge in [0.15, 0.2) is 0 Å². The predicted molar refractivity (Wildman–Crippen MR) is 75.2 cm³/mol. The van der Waals surface area contributed by atoms with E-state index in [9.17, 15) is 18.3 Å². The van der Waals surface area contributed by atoms with E-state index in [0.29, 0.717) is 10.9 Å². The predicted octanol–water partition coefficient (Wildman–Crippen LogP) is 0.347. The Morgan fingerprint density at radius 3 is 2.62 bits per heavy atom. The second-order valence-corrected chi connectivity index (χ2v) is 6.19. The van der Waals surface area contributed by atoms with E-state index < -0.39 is 28.1 Å². The highest BCUT2D eigenvalue weighted by Crippen LogP contribution is 2.21. The molecule has 3 N–H and O–H groups in total. The number of pyridine rings is 1. The number of aliphatic hydroxyl groups is 1. The summed E-state index contributed by atoms with van der Waals surface area (Å²) in [6.45, 7) is 1.20. The van der Waals surface area contributed by atoms with Crippen molar-refractivity contribution in [2.45, 2.75) is 24.0 Å². The molecule has 0 saturated heterocycles. The zero-order valence-electron chi connectivity index (χ0n) is 11.1. The fraction of sp³-hybridized carbons (Fsp3) is 0.231. The van der Waals surface area contributed by atoms with Crippen LogP contribution in [0.15, 0.2) is 41.4 Å². The van der Waals surface area contributed by atoms with Crippen LogP contribution >= 0.6 is 0 Å². The summed E-state index contributed by atoms with van der Waals surface area (Å²) < 4.78 is 26.7. The molecule has 1 heterocycles. The molecule has 0 spiro atoms. The van der Waals surface area contributed by atoms with Crippen LogP contribution in [0.5, 0.6) is 0 Å². The molecule has 2 aromatic rings. The Hall–Kier alpha value is -2.03. The van der Waals surface area contributed by atoms with Gasteiger partial charge in [-0.05, 0) is 31.2 Å². The van der Waals surface area contributed by atoms with Crippen molar-refractivity contribution in [1.82, 2.24) is 9.71 Å². The topological polar surface area (TPSA) is 117 Å². The summed E-state index contributed by atoms with van der Waals surface area (Å²) in [5.74, 6) is -1.45.